The van der Waals surface area contributed by atoms with Crippen molar-refractivity contribution in [1.82, 2.24) is 10.2 Å². The summed E-state index contributed by atoms with van der Waals surface area (Å²) in [5.74, 6) is -0.469. The van der Waals surface area contributed by atoms with E-state index >= 15 is 0 Å². The van der Waals surface area contributed by atoms with E-state index in [4.69, 9.17) is 4.74 Å². The molecule has 0 aromatic heterocycles. The Hall–Kier alpha value is -2.30. The number of hydrogen-bond acceptors (Lipinski definition) is 3. The number of nitrogens with zero attached hydrogens (tertiary/aromatic N) is 1. The molecule has 5 heteroatoms. The van der Waals surface area contributed by atoms with Gasteiger partial charge in [-0.2, -0.15) is 0 Å². The molecule has 2 rings (SSSR count). The molecule has 2 amide bonds. The number of carbonyl (C=O) groups is 2. The van der Waals surface area contributed by atoms with Gasteiger partial charge < -0.3 is 10.1 Å². The van der Waals surface area contributed by atoms with Crippen molar-refractivity contribution in [2.24, 2.45) is 0 Å². The average molecular weight is 274 g/mol. The van der Waals surface area contributed by atoms with Crippen molar-refractivity contribution in [1.29, 1.82) is 0 Å². The first-order valence-electron chi connectivity index (χ1n) is 6.53. The fourth-order valence-electron chi connectivity index (χ4n) is 2.31. The number of hydrogen-bond donors (Lipinski definition) is 1. The van der Waals surface area contributed by atoms with Crippen LogP contribution in [0.25, 0.3) is 0 Å². The van der Waals surface area contributed by atoms with E-state index in [-0.39, 0.29) is 18.7 Å². The third-order valence-corrected chi connectivity index (χ3v) is 3.32. The highest BCUT2D eigenvalue weighted by Gasteiger charge is 2.33. The molecule has 0 saturated carbocycles. The lowest BCUT2D eigenvalue weighted by Crippen LogP contribution is -2.46. The quantitative estimate of drug-likeness (QED) is 0.860. The second-order valence-electron chi connectivity index (χ2n) is 4.60. The number of benzene rings is 1. The Labute approximate surface area is 118 Å². The van der Waals surface area contributed by atoms with Gasteiger partial charge in [0.25, 0.3) is 0 Å². The van der Waals surface area contributed by atoms with Crippen molar-refractivity contribution in [3.63, 3.8) is 0 Å². The summed E-state index contributed by atoms with van der Waals surface area (Å²) >= 11 is 0. The van der Waals surface area contributed by atoms with E-state index in [1.165, 1.54) is 4.90 Å². The Morgan fingerprint density at radius 1 is 1.35 bits per heavy atom. The average Bonchev–Trinajstić information content (AvgIpc) is 2.44. The first-order chi connectivity index (χ1) is 9.56. The van der Waals surface area contributed by atoms with Crippen LogP contribution in [0.3, 0.4) is 0 Å². The van der Waals surface area contributed by atoms with Gasteiger partial charge in [-0.15, -0.1) is 0 Å². The molecular weight excluding hydrogens is 256 g/mol. The van der Waals surface area contributed by atoms with E-state index < -0.39 is 5.97 Å². The van der Waals surface area contributed by atoms with Gasteiger partial charge in [-0.1, -0.05) is 30.3 Å². The van der Waals surface area contributed by atoms with Crippen molar-refractivity contribution in [2.75, 3.05) is 13.7 Å². The van der Waals surface area contributed by atoms with Crippen molar-refractivity contribution in [3.05, 3.63) is 47.2 Å². The molecule has 1 heterocycles. The fourth-order valence-corrected chi connectivity index (χ4v) is 2.31. The van der Waals surface area contributed by atoms with Crippen LogP contribution in [-0.2, 0) is 9.53 Å². The van der Waals surface area contributed by atoms with Crippen molar-refractivity contribution in [3.8, 4) is 0 Å². The zero-order valence-electron chi connectivity index (χ0n) is 11.8. The van der Waals surface area contributed by atoms with Crippen molar-refractivity contribution in [2.45, 2.75) is 19.9 Å². The molecule has 0 bridgehead atoms. The molecule has 5 nitrogen and oxygen atoms in total. The molecular formula is C15H18N2O3. The third-order valence-electron chi connectivity index (χ3n) is 3.32. The molecule has 1 aliphatic rings. The zero-order chi connectivity index (χ0) is 14.7. The zero-order valence-corrected chi connectivity index (χ0v) is 11.8. The second-order valence-corrected chi connectivity index (χ2v) is 4.60. The smallest absolute Gasteiger partial charge is 0.355 e. The lowest BCUT2D eigenvalue weighted by molar-refractivity contribution is -0.140. The van der Waals surface area contributed by atoms with Gasteiger partial charge >= 0.3 is 12.0 Å². The standard InChI is InChI=1S/C15H18N2O3/c1-4-20-14(18)13-10(2)12(16-15(19)17(13)3)11-8-6-5-7-9-11/h5-9,12H,4H2,1-3H3,(H,16,19)/t12-/m1/s1. The van der Waals surface area contributed by atoms with E-state index in [1.54, 1.807) is 14.0 Å². The summed E-state index contributed by atoms with van der Waals surface area (Å²) in [5.41, 5.74) is 2.02. The van der Waals surface area contributed by atoms with Crippen LogP contribution in [-0.4, -0.2) is 30.6 Å². The summed E-state index contributed by atoms with van der Waals surface area (Å²) in [6.07, 6.45) is 0. The molecule has 0 saturated heterocycles. The molecule has 0 spiro atoms. The summed E-state index contributed by atoms with van der Waals surface area (Å²) < 4.78 is 5.04. The summed E-state index contributed by atoms with van der Waals surface area (Å²) in [6, 6.07) is 8.93. The van der Waals surface area contributed by atoms with E-state index in [0.29, 0.717) is 5.70 Å². The van der Waals surface area contributed by atoms with Gasteiger partial charge in [-0.25, -0.2) is 9.59 Å². The van der Waals surface area contributed by atoms with Gasteiger partial charge in [0.15, 0.2) is 0 Å². The summed E-state index contributed by atoms with van der Waals surface area (Å²) in [5, 5.41) is 2.88. The van der Waals surface area contributed by atoms with Crippen molar-refractivity contribution < 1.29 is 14.3 Å². The summed E-state index contributed by atoms with van der Waals surface area (Å²) in [6.45, 7) is 3.85. The predicted octanol–water partition coefficient (Wildman–Crippen LogP) is 2.22. The predicted molar refractivity (Wildman–Crippen MR) is 74.8 cm³/mol. The Bertz CT molecular complexity index is 551. The van der Waals surface area contributed by atoms with Crippen LogP contribution in [0.5, 0.6) is 0 Å². The number of nitrogens with one attached hydrogen (secondary N) is 1. The Kier molecular flexibility index (Phi) is 4.08. The van der Waals surface area contributed by atoms with Gasteiger partial charge in [0.1, 0.15) is 5.70 Å². The number of rotatable bonds is 3. The Morgan fingerprint density at radius 2 is 2.00 bits per heavy atom. The van der Waals surface area contributed by atoms with Gasteiger partial charge in [-0.3, -0.25) is 4.90 Å². The first kappa shape index (κ1) is 14.1. The monoisotopic (exact) mass is 274 g/mol. The molecule has 1 aromatic rings. The van der Waals surface area contributed by atoms with Crippen LogP contribution in [0.15, 0.2) is 41.6 Å². The van der Waals surface area contributed by atoms with Crippen LogP contribution < -0.4 is 5.32 Å². The molecule has 0 fully saturated rings. The van der Waals surface area contributed by atoms with Gasteiger partial charge in [0.2, 0.25) is 0 Å². The van der Waals surface area contributed by atoms with E-state index in [0.717, 1.165) is 11.1 Å². The number of likely N-dealkylation sites (N-methyl/N-ethyl adjacent to an activating group) is 1. The first-order valence-corrected chi connectivity index (χ1v) is 6.53. The van der Waals surface area contributed by atoms with Crippen LogP contribution in [0.2, 0.25) is 0 Å². The number of carbonyl (C=O) groups excluding carboxylic acids is 2. The topological polar surface area (TPSA) is 58.6 Å². The minimum absolute atomic E-state index is 0.279. The van der Waals surface area contributed by atoms with Crippen molar-refractivity contribution >= 4 is 12.0 Å². The van der Waals surface area contributed by atoms with Gasteiger partial charge in [0.05, 0.1) is 12.6 Å². The lowest BCUT2D eigenvalue weighted by atomic mass is 9.96. The van der Waals surface area contributed by atoms with Crippen LogP contribution in [0, 0.1) is 0 Å². The Balaban J connectivity index is 2.44. The van der Waals surface area contributed by atoms with E-state index in [2.05, 4.69) is 5.32 Å². The molecule has 1 atom stereocenters. The van der Waals surface area contributed by atoms with Gasteiger partial charge in [-0.05, 0) is 25.0 Å². The van der Waals surface area contributed by atoms with Crippen LogP contribution >= 0.6 is 0 Å². The Morgan fingerprint density at radius 3 is 2.60 bits per heavy atom. The largest absolute Gasteiger partial charge is 0.461 e. The SMILES string of the molecule is CCOC(=O)C1=C(C)[C@H](c2ccccc2)NC(=O)N1C. The molecule has 1 aromatic carbocycles. The minimum atomic E-state index is -0.469. The maximum atomic E-state index is 12.0. The molecule has 106 valence electrons. The summed E-state index contributed by atoms with van der Waals surface area (Å²) in [4.78, 5) is 25.4. The number of amides is 2. The maximum absolute atomic E-state index is 12.0. The van der Waals surface area contributed by atoms with Crippen LogP contribution in [0.4, 0.5) is 4.79 Å². The molecule has 0 aliphatic carbocycles. The fraction of sp³-hybridized carbons (Fsp3) is 0.333. The minimum Gasteiger partial charge on any atom is -0.461 e. The highest BCUT2D eigenvalue weighted by molar-refractivity contribution is 5.95. The summed E-state index contributed by atoms with van der Waals surface area (Å²) in [7, 11) is 1.56. The lowest BCUT2D eigenvalue weighted by Gasteiger charge is -2.33. The molecule has 1 N–H and O–H groups in total. The molecule has 1 aliphatic heterocycles. The molecule has 0 radical (unpaired) electrons. The number of ether oxygens (including phenoxy) is 1. The maximum Gasteiger partial charge on any atom is 0.355 e. The normalized spacial score (nSPS) is 18.9. The third kappa shape index (κ3) is 2.52. The number of urea groups is 1. The van der Waals surface area contributed by atoms with Crippen LogP contribution in [0.1, 0.15) is 25.5 Å². The second kappa shape index (κ2) is 5.77. The molecule has 20 heavy (non-hydrogen) atoms. The van der Waals surface area contributed by atoms with Gasteiger partial charge in [0, 0.05) is 7.05 Å². The van der Waals surface area contributed by atoms with E-state index in [1.807, 2.05) is 37.3 Å². The number of esters is 1. The highest BCUT2D eigenvalue weighted by atomic mass is 16.5. The van der Waals surface area contributed by atoms with E-state index in [9.17, 15) is 9.59 Å². The highest BCUT2D eigenvalue weighted by Crippen LogP contribution is 2.29. The molecule has 0 unspecified atom stereocenters.